The minimum Gasteiger partial charge on any atom is -0.421 e. The normalized spacial score (nSPS) is 29.9. The summed E-state index contributed by atoms with van der Waals surface area (Å²) in [6, 6.07) is 38.7. The van der Waals surface area contributed by atoms with Crippen molar-refractivity contribution in [1.82, 2.24) is 0 Å². The fourth-order valence-corrected chi connectivity index (χ4v) is 29.1. The number of fused-ring (bicyclic) bond motifs is 10. The highest BCUT2D eigenvalue weighted by Gasteiger charge is 2.55. The lowest BCUT2D eigenvalue weighted by molar-refractivity contribution is 0.166. The summed E-state index contributed by atoms with van der Waals surface area (Å²) in [7, 11) is -17.7. The maximum Gasteiger partial charge on any atom is 0.509 e. The van der Waals surface area contributed by atoms with Gasteiger partial charge in [-0.2, -0.15) is 0 Å². The third-order valence-electron chi connectivity index (χ3n) is 6.71. The highest BCUT2D eigenvalue weighted by Crippen LogP contribution is 2.23. The Morgan fingerprint density at radius 1 is 0.537 bits per heavy atom. The molecule has 0 amide bonds. The van der Waals surface area contributed by atoms with E-state index in [0.29, 0.717) is 0 Å². The zero-order chi connectivity index (χ0) is 28.0. The van der Waals surface area contributed by atoms with Crippen LogP contribution in [0.15, 0.2) is 121 Å². The summed E-state index contributed by atoms with van der Waals surface area (Å²) in [6.45, 7) is 0. The Bertz CT molecular complexity index is 1320. The van der Waals surface area contributed by atoms with Crippen molar-refractivity contribution in [3.8, 4) is 0 Å². The molecule has 41 heavy (non-hydrogen) atoms. The third-order valence-corrected chi connectivity index (χ3v) is 26.5. The Hall–Kier alpha value is -1.96. The minimum atomic E-state index is -3.55. The predicted molar refractivity (Wildman–Crippen MR) is 170 cm³/mol. The van der Waals surface area contributed by atoms with E-state index in [4.69, 9.17) is 32.9 Å². The molecule has 0 aromatic heterocycles. The van der Waals surface area contributed by atoms with Crippen LogP contribution in [0.4, 0.5) is 0 Å². The quantitative estimate of drug-likeness (QED) is 0.254. The summed E-state index contributed by atoms with van der Waals surface area (Å²) in [5.74, 6) is 0. The van der Waals surface area contributed by atoms with E-state index >= 15 is 0 Å². The van der Waals surface area contributed by atoms with Crippen molar-refractivity contribution < 1.29 is 38.0 Å². The minimum absolute atomic E-state index is 0.730. The van der Waals surface area contributed by atoms with Gasteiger partial charge in [-0.25, -0.2) is 0 Å². The first kappa shape index (κ1) is 29.1. The first-order chi connectivity index (χ1) is 20.2. The van der Waals surface area contributed by atoms with Crippen LogP contribution in [0.3, 0.4) is 0 Å². The van der Waals surface area contributed by atoms with Gasteiger partial charge >= 0.3 is 36.2 Å². The highest BCUT2D eigenvalue weighted by molar-refractivity contribution is 6.93. The fourth-order valence-electron chi connectivity index (χ4n) is 4.61. The Labute approximate surface area is 251 Å². The van der Waals surface area contributed by atoms with Crippen molar-refractivity contribution in [2.75, 3.05) is 0 Å². The van der Waals surface area contributed by atoms with Crippen molar-refractivity contribution >= 4 is 81.8 Å². The van der Waals surface area contributed by atoms with Gasteiger partial charge in [-0.15, -0.1) is 0 Å². The summed E-state index contributed by atoms with van der Waals surface area (Å²) in [5, 5.41) is 13.8. The third kappa shape index (κ3) is 6.67. The van der Waals surface area contributed by atoms with Crippen molar-refractivity contribution in [2.45, 2.75) is 5.73 Å². The topological polar surface area (TPSA) is 94.1 Å². The van der Waals surface area contributed by atoms with E-state index in [1.54, 1.807) is 0 Å². The van der Waals surface area contributed by atoms with Gasteiger partial charge in [0.2, 0.25) is 0 Å². The molecule has 3 fully saturated rings. The zero-order valence-corrected chi connectivity index (χ0v) is 30.7. The maximum absolute atomic E-state index is 11.3. The molecule has 3 saturated heterocycles. The molecule has 0 spiro atoms. The molecular weight excluding hydrogens is 641 g/mol. The van der Waals surface area contributed by atoms with E-state index in [2.05, 4.69) is 0 Å². The largest absolute Gasteiger partial charge is 0.509 e. The number of benzene rings is 4. The maximum atomic E-state index is 11.3. The molecule has 3 aliphatic heterocycles. The van der Waals surface area contributed by atoms with Crippen LogP contribution < -0.4 is 15.6 Å². The SMILES string of the molecule is OC(c1ccccc1)[Si@@H]1O[SiH2]O[Si]2(c3ccccc3)O[SiH2]O[Si@](c3ccccc3)(O[SiH2]O1)O[SiH](c1ccccc1)O2. The van der Waals surface area contributed by atoms with Crippen molar-refractivity contribution in [2.24, 2.45) is 0 Å². The van der Waals surface area contributed by atoms with Gasteiger partial charge in [0.15, 0.2) is 0 Å². The number of hydrogen-bond donors (Lipinski definition) is 1. The molecule has 3 heterocycles. The average Bonchev–Trinajstić information content (AvgIpc) is 3.02. The lowest BCUT2D eigenvalue weighted by Crippen LogP contribution is -2.71. The van der Waals surface area contributed by atoms with Gasteiger partial charge in [0, 0.05) is 10.4 Å². The molecule has 0 radical (unpaired) electrons. The van der Waals surface area contributed by atoms with Crippen LogP contribution in [0.25, 0.3) is 0 Å². The summed E-state index contributed by atoms with van der Waals surface area (Å²) >= 11 is 0. The molecule has 0 saturated carbocycles. The Morgan fingerprint density at radius 3 is 1.44 bits per heavy atom. The van der Waals surface area contributed by atoms with E-state index < -0.39 is 71.9 Å². The van der Waals surface area contributed by atoms with Crippen LogP contribution >= 0.6 is 0 Å². The zero-order valence-electron chi connectivity index (χ0n) is 22.1. The molecule has 0 aliphatic carbocycles. The second-order valence-electron chi connectivity index (χ2n) is 9.31. The average molecular weight is 671 g/mol. The van der Waals surface area contributed by atoms with Crippen LogP contribution in [-0.2, 0) is 32.9 Å². The number of aliphatic hydroxyl groups excluding tert-OH is 1. The molecule has 212 valence electrons. The monoisotopic (exact) mass is 670 g/mol. The molecule has 2 bridgehead atoms. The Morgan fingerprint density at radius 2 is 0.951 bits per heavy atom. The standard InChI is InChI=1S/C25H30O9Si7/c26-25(21-13-5-1-6-14-21)39-27-35-29-40(23-17-9-3-10-18-23)31-37-32-41(30-36-28-39,24-19-11-4-12-20-24)34-38(33-40)22-15-7-2-8-16-22/h1-20,25-26,38-39H,35-37H2/t25?,38?,39-,40-,41?/m0/s1. The van der Waals surface area contributed by atoms with Gasteiger partial charge in [-0.1, -0.05) is 121 Å². The smallest absolute Gasteiger partial charge is 0.421 e. The van der Waals surface area contributed by atoms with Crippen LogP contribution in [0.1, 0.15) is 11.3 Å². The van der Waals surface area contributed by atoms with Gasteiger partial charge in [0.05, 0.1) is 0 Å². The number of aliphatic hydroxyl groups is 1. The number of hydrogen-bond acceptors (Lipinski definition) is 9. The van der Waals surface area contributed by atoms with Crippen molar-refractivity contribution in [3.05, 3.63) is 127 Å². The van der Waals surface area contributed by atoms with Crippen LogP contribution in [0.2, 0.25) is 0 Å². The molecule has 16 heteroatoms. The van der Waals surface area contributed by atoms with Crippen molar-refractivity contribution in [3.63, 3.8) is 0 Å². The number of rotatable bonds is 5. The molecule has 1 N–H and O–H groups in total. The van der Waals surface area contributed by atoms with E-state index in [-0.39, 0.29) is 0 Å². The first-order valence-corrected chi connectivity index (χ1v) is 23.3. The Balaban J connectivity index is 1.43. The molecule has 9 nitrogen and oxygen atoms in total. The van der Waals surface area contributed by atoms with Gasteiger partial charge in [-0.3, -0.25) is 0 Å². The highest BCUT2D eigenvalue weighted by atomic mass is 28.5. The lowest BCUT2D eigenvalue weighted by atomic mass is 10.2. The van der Waals surface area contributed by atoms with Gasteiger partial charge in [0.25, 0.3) is 30.0 Å². The lowest BCUT2D eigenvalue weighted by Gasteiger charge is -2.42. The van der Waals surface area contributed by atoms with Crippen LogP contribution in [0, 0.1) is 0 Å². The molecule has 4 aromatic rings. The molecular formula is C25H30O9Si7. The second kappa shape index (κ2) is 13.6. The molecule has 7 rings (SSSR count). The van der Waals surface area contributed by atoms with Crippen LogP contribution in [-0.4, -0.2) is 71.3 Å². The molecule has 4 aromatic carbocycles. The van der Waals surface area contributed by atoms with Gasteiger partial charge < -0.3 is 38.0 Å². The molecule has 5 atom stereocenters. The fraction of sp³-hybridized carbons (Fsp3) is 0.0400. The first-order valence-electron chi connectivity index (χ1n) is 13.2. The van der Waals surface area contributed by atoms with Gasteiger partial charge in [-0.05, 0) is 10.8 Å². The van der Waals surface area contributed by atoms with E-state index in [0.717, 1.165) is 21.1 Å². The van der Waals surface area contributed by atoms with E-state index in [9.17, 15) is 5.11 Å². The molecule has 3 unspecified atom stereocenters. The summed E-state index contributed by atoms with van der Waals surface area (Å²) in [6.07, 6.45) is 0. The predicted octanol–water partition coefficient (Wildman–Crippen LogP) is -1.54. The summed E-state index contributed by atoms with van der Waals surface area (Å²) in [4.78, 5) is 0. The summed E-state index contributed by atoms with van der Waals surface area (Å²) in [5.41, 5.74) is -0.173. The second-order valence-corrected chi connectivity index (χ2v) is 25.3. The Kier molecular flexibility index (Phi) is 9.63. The van der Waals surface area contributed by atoms with E-state index in [1.807, 2.05) is 121 Å². The van der Waals surface area contributed by atoms with Crippen LogP contribution in [0.5, 0.6) is 0 Å². The molecule has 3 aliphatic rings. The van der Waals surface area contributed by atoms with Gasteiger partial charge in [0.1, 0.15) is 5.73 Å². The summed E-state index contributed by atoms with van der Waals surface area (Å²) < 4.78 is 53.1. The van der Waals surface area contributed by atoms with Crippen molar-refractivity contribution in [1.29, 1.82) is 0 Å². The van der Waals surface area contributed by atoms with E-state index in [1.165, 1.54) is 0 Å².